The van der Waals surface area contributed by atoms with Gasteiger partial charge in [0, 0.05) is 13.5 Å². The summed E-state index contributed by atoms with van der Waals surface area (Å²) < 4.78 is 4.81. The molecule has 0 aromatic heterocycles. The number of likely N-dealkylation sites (N-methyl/N-ethyl adjacent to an activating group) is 1. The average Bonchev–Trinajstić information content (AvgIpc) is 2.48. The lowest BCUT2D eigenvalue weighted by Gasteiger charge is -2.26. The summed E-state index contributed by atoms with van der Waals surface area (Å²) in [5, 5.41) is 0. The van der Waals surface area contributed by atoms with Crippen LogP contribution in [-0.2, 0) is 14.3 Å². The van der Waals surface area contributed by atoms with E-state index < -0.39 is 12.0 Å². The largest absolute Gasteiger partial charge is 0.467 e. The number of benzene rings is 1. The summed E-state index contributed by atoms with van der Waals surface area (Å²) in [6.45, 7) is 3.63. The van der Waals surface area contributed by atoms with Gasteiger partial charge in [0.1, 0.15) is 0 Å². The van der Waals surface area contributed by atoms with Crippen LogP contribution in [0.3, 0.4) is 0 Å². The lowest BCUT2D eigenvalue weighted by atomic mass is 10.1. The molecule has 0 aliphatic heterocycles. The maximum Gasteiger partial charge on any atom is 0.333 e. The van der Waals surface area contributed by atoms with Gasteiger partial charge >= 0.3 is 5.97 Å². The Kier molecular flexibility index (Phi) is 6.50. The van der Waals surface area contributed by atoms with Gasteiger partial charge in [0.15, 0.2) is 6.04 Å². The molecule has 4 nitrogen and oxygen atoms in total. The zero-order valence-electron chi connectivity index (χ0n) is 12.0. The Balaban J connectivity index is 2.86. The minimum Gasteiger partial charge on any atom is -0.467 e. The first kappa shape index (κ1) is 16.0. The second-order valence-electron chi connectivity index (χ2n) is 4.52. The molecule has 0 radical (unpaired) electrons. The summed E-state index contributed by atoms with van der Waals surface area (Å²) in [6, 6.07) is 8.47. The highest BCUT2D eigenvalue weighted by Gasteiger charge is 2.28. The Hall–Kier alpha value is -2.10. The third kappa shape index (κ3) is 4.23. The number of carbonyl (C=O) groups excluding carboxylic acids is 2. The molecule has 1 aromatic rings. The Morgan fingerprint density at radius 2 is 2.00 bits per heavy atom. The molecule has 1 atom stereocenters. The molecule has 0 aliphatic carbocycles. The van der Waals surface area contributed by atoms with Gasteiger partial charge in [-0.25, -0.2) is 4.79 Å². The fourth-order valence-electron chi connectivity index (χ4n) is 1.98. The maximum atomic E-state index is 12.1. The molecule has 0 saturated heterocycles. The second-order valence-corrected chi connectivity index (χ2v) is 4.52. The third-order valence-electron chi connectivity index (χ3n) is 3.12. The first-order chi connectivity index (χ1) is 9.61. The standard InChI is InChI=1S/C16H21NO3/c1-4-5-7-12-14(18)17(2)15(16(19)20-3)13-10-8-6-9-11-13/h4,6,8-11,15H,1,5,7,12H2,2-3H3. The highest BCUT2D eigenvalue weighted by atomic mass is 16.5. The number of amides is 1. The molecule has 108 valence electrons. The predicted octanol–water partition coefficient (Wildman–Crippen LogP) is 2.72. The van der Waals surface area contributed by atoms with Gasteiger partial charge in [0.2, 0.25) is 5.91 Å². The molecule has 0 heterocycles. The molecular formula is C16H21NO3. The highest BCUT2D eigenvalue weighted by molar-refractivity contribution is 5.85. The van der Waals surface area contributed by atoms with Gasteiger partial charge in [0.25, 0.3) is 0 Å². The summed E-state index contributed by atoms with van der Waals surface area (Å²) >= 11 is 0. The number of hydrogen-bond donors (Lipinski definition) is 0. The number of carbonyl (C=O) groups is 2. The van der Waals surface area contributed by atoms with Crippen LogP contribution in [0.4, 0.5) is 0 Å². The summed E-state index contributed by atoms with van der Waals surface area (Å²) in [4.78, 5) is 25.5. The Labute approximate surface area is 120 Å². The van der Waals surface area contributed by atoms with E-state index in [4.69, 9.17) is 4.74 Å². The van der Waals surface area contributed by atoms with Crippen LogP contribution < -0.4 is 0 Å². The maximum absolute atomic E-state index is 12.1. The van der Waals surface area contributed by atoms with E-state index in [9.17, 15) is 9.59 Å². The van der Waals surface area contributed by atoms with Crippen LogP contribution in [0, 0.1) is 0 Å². The molecule has 20 heavy (non-hydrogen) atoms. The van der Waals surface area contributed by atoms with Gasteiger partial charge in [-0.3, -0.25) is 4.79 Å². The quantitative estimate of drug-likeness (QED) is 0.436. The summed E-state index contributed by atoms with van der Waals surface area (Å²) in [6.07, 6.45) is 3.69. The number of esters is 1. The van der Waals surface area contributed by atoms with Crippen LogP contribution in [-0.4, -0.2) is 30.9 Å². The van der Waals surface area contributed by atoms with Crippen LogP contribution in [0.15, 0.2) is 43.0 Å². The van der Waals surface area contributed by atoms with Crippen LogP contribution in [0.5, 0.6) is 0 Å². The fourth-order valence-corrected chi connectivity index (χ4v) is 1.98. The SMILES string of the molecule is C=CCCCC(=O)N(C)C(C(=O)OC)c1ccccc1. The normalized spacial score (nSPS) is 11.5. The topological polar surface area (TPSA) is 46.6 Å². The minimum atomic E-state index is -0.697. The Morgan fingerprint density at radius 1 is 1.35 bits per heavy atom. The van der Waals surface area contributed by atoms with Crippen molar-refractivity contribution in [3.05, 3.63) is 48.6 Å². The summed E-state index contributed by atoms with van der Waals surface area (Å²) in [5.41, 5.74) is 0.749. The zero-order valence-corrected chi connectivity index (χ0v) is 12.0. The van der Waals surface area contributed by atoms with E-state index in [0.717, 1.165) is 18.4 Å². The van der Waals surface area contributed by atoms with Gasteiger partial charge in [-0.2, -0.15) is 0 Å². The van der Waals surface area contributed by atoms with Crippen molar-refractivity contribution in [2.45, 2.75) is 25.3 Å². The van der Waals surface area contributed by atoms with E-state index in [0.29, 0.717) is 6.42 Å². The minimum absolute atomic E-state index is 0.0777. The third-order valence-corrected chi connectivity index (χ3v) is 3.12. The number of rotatable bonds is 7. The van der Waals surface area contributed by atoms with Crippen molar-refractivity contribution in [1.82, 2.24) is 4.90 Å². The van der Waals surface area contributed by atoms with Gasteiger partial charge < -0.3 is 9.64 Å². The first-order valence-corrected chi connectivity index (χ1v) is 6.61. The van der Waals surface area contributed by atoms with Crippen LogP contribution >= 0.6 is 0 Å². The van der Waals surface area contributed by atoms with Crippen LogP contribution in [0.25, 0.3) is 0 Å². The molecule has 1 aromatic carbocycles. The zero-order chi connectivity index (χ0) is 15.0. The first-order valence-electron chi connectivity index (χ1n) is 6.61. The van der Waals surface area contributed by atoms with Crippen molar-refractivity contribution in [3.63, 3.8) is 0 Å². The monoisotopic (exact) mass is 275 g/mol. The number of unbranched alkanes of at least 4 members (excludes halogenated alkanes) is 1. The molecule has 0 saturated carbocycles. The highest BCUT2D eigenvalue weighted by Crippen LogP contribution is 2.21. The van der Waals surface area contributed by atoms with Gasteiger partial charge in [-0.15, -0.1) is 6.58 Å². The van der Waals surface area contributed by atoms with E-state index in [-0.39, 0.29) is 5.91 Å². The lowest BCUT2D eigenvalue weighted by Crippen LogP contribution is -2.36. The van der Waals surface area contributed by atoms with Gasteiger partial charge in [-0.1, -0.05) is 36.4 Å². The smallest absolute Gasteiger partial charge is 0.333 e. The molecule has 0 N–H and O–H groups in total. The van der Waals surface area contributed by atoms with Crippen molar-refractivity contribution >= 4 is 11.9 Å². The summed E-state index contributed by atoms with van der Waals surface area (Å²) in [7, 11) is 2.96. The lowest BCUT2D eigenvalue weighted by molar-refractivity contribution is -0.152. The van der Waals surface area contributed by atoms with Crippen molar-refractivity contribution in [1.29, 1.82) is 0 Å². The van der Waals surface area contributed by atoms with Crippen molar-refractivity contribution < 1.29 is 14.3 Å². The molecule has 4 heteroatoms. The molecule has 0 fully saturated rings. The van der Waals surface area contributed by atoms with Gasteiger partial charge in [0.05, 0.1) is 7.11 Å². The van der Waals surface area contributed by atoms with E-state index in [2.05, 4.69) is 6.58 Å². The number of nitrogens with zero attached hydrogens (tertiary/aromatic N) is 1. The molecule has 0 spiro atoms. The number of methoxy groups -OCH3 is 1. The molecule has 1 unspecified atom stereocenters. The Bertz CT molecular complexity index is 456. The molecule has 0 aliphatic rings. The molecule has 1 rings (SSSR count). The molecule has 1 amide bonds. The van der Waals surface area contributed by atoms with Crippen LogP contribution in [0.2, 0.25) is 0 Å². The Morgan fingerprint density at radius 3 is 2.55 bits per heavy atom. The molecule has 0 bridgehead atoms. The van der Waals surface area contributed by atoms with E-state index in [1.54, 1.807) is 13.1 Å². The number of ether oxygens (including phenoxy) is 1. The fraction of sp³-hybridized carbons (Fsp3) is 0.375. The molecular weight excluding hydrogens is 254 g/mol. The second kappa shape index (κ2) is 8.15. The number of allylic oxidation sites excluding steroid dienone is 1. The van der Waals surface area contributed by atoms with Crippen molar-refractivity contribution in [3.8, 4) is 0 Å². The predicted molar refractivity (Wildman–Crippen MR) is 78.0 cm³/mol. The summed E-state index contributed by atoms with van der Waals surface area (Å²) in [5.74, 6) is -0.512. The van der Waals surface area contributed by atoms with E-state index in [1.807, 2.05) is 30.3 Å². The van der Waals surface area contributed by atoms with E-state index >= 15 is 0 Å². The number of hydrogen-bond acceptors (Lipinski definition) is 3. The van der Waals surface area contributed by atoms with Gasteiger partial charge in [-0.05, 0) is 18.4 Å². The van der Waals surface area contributed by atoms with Crippen LogP contribution in [0.1, 0.15) is 30.9 Å². The van der Waals surface area contributed by atoms with Crippen molar-refractivity contribution in [2.75, 3.05) is 14.2 Å². The van der Waals surface area contributed by atoms with E-state index in [1.165, 1.54) is 12.0 Å². The van der Waals surface area contributed by atoms with Crippen molar-refractivity contribution in [2.24, 2.45) is 0 Å². The average molecular weight is 275 g/mol.